The van der Waals surface area contributed by atoms with E-state index in [4.69, 9.17) is 4.74 Å². The highest BCUT2D eigenvalue weighted by Gasteiger charge is 2.35. The van der Waals surface area contributed by atoms with Gasteiger partial charge in [0.15, 0.2) is 0 Å². The highest BCUT2D eigenvalue weighted by Crippen LogP contribution is 2.29. The Balaban J connectivity index is 1.74. The van der Waals surface area contributed by atoms with E-state index in [0.717, 1.165) is 24.3 Å². The Labute approximate surface area is 128 Å². The molecule has 1 aromatic rings. The van der Waals surface area contributed by atoms with Crippen molar-refractivity contribution in [2.24, 2.45) is 5.92 Å². The van der Waals surface area contributed by atoms with Crippen LogP contribution in [0.3, 0.4) is 0 Å². The van der Waals surface area contributed by atoms with Crippen LogP contribution in [0, 0.1) is 5.92 Å². The monoisotopic (exact) mass is 302 g/mol. The van der Waals surface area contributed by atoms with Crippen LogP contribution in [-0.4, -0.2) is 38.0 Å². The highest BCUT2D eigenvalue weighted by molar-refractivity contribution is 6.00. The number of hydrogen-bond donors (Lipinski definition) is 0. The first kappa shape index (κ1) is 14.6. The first-order valence-corrected chi connectivity index (χ1v) is 7.39. The van der Waals surface area contributed by atoms with E-state index in [1.807, 2.05) is 24.3 Å². The van der Waals surface area contributed by atoms with Crippen LogP contribution in [-0.2, 0) is 19.1 Å². The fraction of sp³-hybridized carbons (Fsp3) is 0.438. The predicted molar refractivity (Wildman–Crippen MR) is 80.5 cm³/mol. The van der Waals surface area contributed by atoms with E-state index in [1.165, 1.54) is 7.11 Å². The zero-order chi connectivity index (χ0) is 15.7. The minimum absolute atomic E-state index is 0.0830. The molecule has 1 unspecified atom stereocenters. The molecule has 2 aliphatic rings. The van der Waals surface area contributed by atoms with Crippen molar-refractivity contribution < 1.29 is 19.1 Å². The molecule has 3 rings (SSSR count). The number of carbonyl (C=O) groups is 3. The average Bonchev–Trinajstić information content (AvgIpc) is 3.13. The lowest BCUT2D eigenvalue weighted by Gasteiger charge is -2.19. The minimum Gasteiger partial charge on any atom is -0.469 e. The summed E-state index contributed by atoms with van der Waals surface area (Å²) < 4.78 is 4.70. The maximum Gasteiger partial charge on any atom is 0.311 e. The largest absolute Gasteiger partial charge is 0.469 e. The van der Waals surface area contributed by atoms with Gasteiger partial charge in [0, 0.05) is 37.3 Å². The zero-order valence-corrected chi connectivity index (χ0v) is 12.4. The Morgan fingerprint density at radius 2 is 1.73 bits per heavy atom. The maximum absolute atomic E-state index is 12.1. The molecule has 116 valence electrons. The van der Waals surface area contributed by atoms with Crippen molar-refractivity contribution in [3.8, 4) is 0 Å². The summed E-state index contributed by atoms with van der Waals surface area (Å²) >= 11 is 0. The van der Waals surface area contributed by atoms with Crippen LogP contribution in [0.1, 0.15) is 19.3 Å². The smallest absolute Gasteiger partial charge is 0.311 e. The number of ether oxygens (including phenoxy) is 1. The third-order valence-electron chi connectivity index (χ3n) is 4.21. The van der Waals surface area contributed by atoms with E-state index in [0.29, 0.717) is 13.0 Å². The number of benzene rings is 1. The van der Waals surface area contributed by atoms with E-state index >= 15 is 0 Å². The molecule has 2 fully saturated rings. The number of esters is 1. The van der Waals surface area contributed by atoms with Gasteiger partial charge in [0.25, 0.3) is 0 Å². The third-order valence-corrected chi connectivity index (χ3v) is 4.21. The molecule has 2 aliphatic heterocycles. The molecule has 0 aromatic heterocycles. The summed E-state index contributed by atoms with van der Waals surface area (Å²) in [4.78, 5) is 38.7. The van der Waals surface area contributed by atoms with Gasteiger partial charge in [-0.2, -0.15) is 0 Å². The molecular formula is C16H18N2O4. The number of anilines is 2. The maximum atomic E-state index is 12.1. The number of rotatable bonds is 3. The predicted octanol–water partition coefficient (Wildman–Crippen LogP) is 1.34. The molecule has 0 radical (unpaired) electrons. The zero-order valence-electron chi connectivity index (χ0n) is 12.4. The molecule has 0 bridgehead atoms. The summed E-state index contributed by atoms with van der Waals surface area (Å²) in [5, 5.41) is 0. The molecule has 0 spiro atoms. The van der Waals surface area contributed by atoms with Crippen molar-refractivity contribution in [1.29, 1.82) is 0 Å². The van der Waals surface area contributed by atoms with Gasteiger partial charge in [0.05, 0.1) is 13.0 Å². The molecular weight excluding hydrogens is 284 g/mol. The Bertz CT molecular complexity index is 611. The Kier molecular flexibility index (Phi) is 3.83. The number of carbonyl (C=O) groups excluding carboxylic acids is 3. The summed E-state index contributed by atoms with van der Waals surface area (Å²) in [5.41, 5.74) is 1.59. The molecule has 0 aliphatic carbocycles. The Morgan fingerprint density at radius 1 is 1.09 bits per heavy atom. The average molecular weight is 302 g/mol. The molecule has 2 amide bonds. The van der Waals surface area contributed by atoms with Crippen LogP contribution in [0.15, 0.2) is 24.3 Å². The van der Waals surface area contributed by atoms with Crippen LogP contribution in [0.2, 0.25) is 0 Å². The van der Waals surface area contributed by atoms with Gasteiger partial charge in [-0.05, 0) is 30.7 Å². The molecule has 0 saturated carbocycles. The molecule has 6 nitrogen and oxygen atoms in total. The molecule has 22 heavy (non-hydrogen) atoms. The van der Waals surface area contributed by atoms with Crippen molar-refractivity contribution in [1.82, 2.24) is 0 Å². The molecule has 2 saturated heterocycles. The lowest BCUT2D eigenvalue weighted by molar-refractivity contribution is -0.145. The standard InChI is InChI=1S/C16H18N2O4/c1-22-16(21)11-9-15(20)18(10-11)13-6-4-12(5-7-13)17-8-2-3-14(17)19/h4-7,11H,2-3,8-10H2,1H3. The second-order valence-corrected chi connectivity index (χ2v) is 5.59. The molecule has 0 N–H and O–H groups in total. The van der Waals surface area contributed by atoms with E-state index in [2.05, 4.69) is 0 Å². The van der Waals surface area contributed by atoms with Crippen molar-refractivity contribution in [2.45, 2.75) is 19.3 Å². The number of methoxy groups -OCH3 is 1. The van der Waals surface area contributed by atoms with Crippen molar-refractivity contribution in [3.05, 3.63) is 24.3 Å². The van der Waals surface area contributed by atoms with E-state index in [1.54, 1.807) is 9.80 Å². The van der Waals surface area contributed by atoms with E-state index in [-0.39, 0.29) is 24.2 Å². The third kappa shape index (κ3) is 2.56. The minimum atomic E-state index is -0.405. The van der Waals surface area contributed by atoms with Gasteiger partial charge in [0.2, 0.25) is 11.8 Å². The molecule has 2 heterocycles. The van der Waals surface area contributed by atoms with Crippen molar-refractivity contribution in [2.75, 3.05) is 30.0 Å². The van der Waals surface area contributed by atoms with Crippen LogP contribution < -0.4 is 9.80 Å². The van der Waals surface area contributed by atoms with Gasteiger partial charge in [-0.3, -0.25) is 14.4 Å². The van der Waals surface area contributed by atoms with Crippen molar-refractivity contribution in [3.63, 3.8) is 0 Å². The normalized spacial score (nSPS) is 21.6. The first-order valence-electron chi connectivity index (χ1n) is 7.39. The van der Waals surface area contributed by atoms with Gasteiger partial charge in [-0.1, -0.05) is 0 Å². The fourth-order valence-corrected chi connectivity index (χ4v) is 3.02. The van der Waals surface area contributed by atoms with Crippen LogP contribution in [0.5, 0.6) is 0 Å². The number of amides is 2. The second kappa shape index (κ2) is 5.79. The summed E-state index contributed by atoms with van der Waals surface area (Å²) in [6.07, 6.45) is 1.65. The number of hydrogen-bond acceptors (Lipinski definition) is 4. The SMILES string of the molecule is COC(=O)C1CC(=O)N(c2ccc(N3CCCC3=O)cc2)C1. The van der Waals surface area contributed by atoms with Crippen LogP contribution in [0.4, 0.5) is 11.4 Å². The summed E-state index contributed by atoms with van der Waals surface area (Å²) in [6.45, 7) is 1.08. The van der Waals surface area contributed by atoms with Gasteiger partial charge < -0.3 is 14.5 Å². The second-order valence-electron chi connectivity index (χ2n) is 5.59. The van der Waals surface area contributed by atoms with E-state index < -0.39 is 5.92 Å². The number of nitrogens with zero attached hydrogens (tertiary/aromatic N) is 2. The molecule has 6 heteroatoms. The van der Waals surface area contributed by atoms with Crippen LogP contribution in [0.25, 0.3) is 0 Å². The topological polar surface area (TPSA) is 66.9 Å². The summed E-state index contributed by atoms with van der Waals surface area (Å²) in [5.74, 6) is -0.705. The van der Waals surface area contributed by atoms with Crippen molar-refractivity contribution >= 4 is 29.2 Å². The Morgan fingerprint density at radius 3 is 2.27 bits per heavy atom. The quantitative estimate of drug-likeness (QED) is 0.790. The lowest BCUT2D eigenvalue weighted by Crippen LogP contribution is -2.26. The molecule has 1 atom stereocenters. The first-order chi connectivity index (χ1) is 10.6. The summed E-state index contributed by atoms with van der Waals surface area (Å²) in [7, 11) is 1.33. The van der Waals surface area contributed by atoms with Gasteiger partial charge in [-0.25, -0.2) is 0 Å². The van der Waals surface area contributed by atoms with E-state index in [9.17, 15) is 14.4 Å². The Hall–Kier alpha value is -2.37. The lowest BCUT2D eigenvalue weighted by atomic mass is 10.1. The molecule has 1 aromatic carbocycles. The van der Waals surface area contributed by atoms with Gasteiger partial charge in [0.1, 0.15) is 0 Å². The summed E-state index contributed by atoms with van der Waals surface area (Å²) in [6, 6.07) is 7.32. The highest BCUT2D eigenvalue weighted by atomic mass is 16.5. The van der Waals surface area contributed by atoms with Crippen LogP contribution >= 0.6 is 0 Å². The van der Waals surface area contributed by atoms with Gasteiger partial charge >= 0.3 is 5.97 Å². The van der Waals surface area contributed by atoms with Gasteiger partial charge in [-0.15, -0.1) is 0 Å². The fourth-order valence-electron chi connectivity index (χ4n) is 3.02.